The van der Waals surface area contributed by atoms with Gasteiger partial charge in [-0.25, -0.2) is 9.78 Å². The second-order valence-corrected chi connectivity index (χ2v) is 3.49. The van der Waals surface area contributed by atoms with Crippen molar-refractivity contribution in [2.45, 2.75) is 6.18 Å². The Morgan fingerprint density at radius 2 is 1.89 bits per heavy atom. The van der Waals surface area contributed by atoms with E-state index in [1.165, 1.54) is 6.07 Å². The summed E-state index contributed by atoms with van der Waals surface area (Å²) >= 11 is 0. The third kappa shape index (κ3) is 3.72. The van der Waals surface area contributed by atoms with E-state index in [-0.39, 0.29) is 5.69 Å². The Morgan fingerprint density at radius 3 is 2.39 bits per heavy atom. The number of amides is 1. The average Bonchev–Trinajstić information content (AvgIpc) is 2.26. The van der Waals surface area contributed by atoms with E-state index >= 15 is 0 Å². The molecule has 0 saturated carbocycles. The summed E-state index contributed by atoms with van der Waals surface area (Å²) in [4.78, 5) is 26.1. The number of pyridine rings is 1. The molecule has 0 spiro atoms. The maximum atomic E-state index is 12.1. The van der Waals surface area contributed by atoms with Gasteiger partial charge in [0.2, 0.25) is 0 Å². The van der Waals surface area contributed by atoms with E-state index < -0.39 is 30.3 Å². The lowest BCUT2D eigenvalue weighted by Crippen LogP contribution is -2.36. The molecule has 0 aromatic carbocycles. The molecule has 0 fully saturated rings. The largest absolute Gasteiger partial charge is 0.477 e. The van der Waals surface area contributed by atoms with E-state index in [1.54, 1.807) is 0 Å². The van der Waals surface area contributed by atoms with Crippen molar-refractivity contribution in [1.29, 1.82) is 0 Å². The van der Waals surface area contributed by atoms with Crippen LogP contribution in [0.2, 0.25) is 0 Å². The van der Waals surface area contributed by atoms with Gasteiger partial charge in [-0.15, -0.1) is 0 Å². The predicted molar refractivity (Wildman–Crippen MR) is 54.2 cm³/mol. The average molecular weight is 262 g/mol. The lowest BCUT2D eigenvalue weighted by molar-refractivity contribution is -0.138. The monoisotopic (exact) mass is 262 g/mol. The van der Waals surface area contributed by atoms with Crippen LogP contribution >= 0.6 is 0 Å². The maximum Gasteiger partial charge on any atom is 0.406 e. The smallest absolute Gasteiger partial charge is 0.406 e. The van der Waals surface area contributed by atoms with Gasteiger partial charge < -0.3 is 10.0 Å². The maximum absolute atomic E-state index is 12.1. The predicted octanol–water partition coefficient (Wildman–Crippen LogP) is 1.41. The first-order valence-corrected chi connectivity index (χ1v) is 4.73. The first-order chi connectivity index (χ1) is 8.20. The molecule has 1 heterocycles. The fraction of sp³-hybridized carbons (Fsp3) is 0.300. The Hall–Kier alpha value is -2.12. The number of aromatic nitrogens is 1. The lowest BCUT2D eigenvalue weighted by atomic mass is 10.2. The molecule has 0 bridgehead atoms. The van der Waals surface area contributed by atoms with Crippen LogP contribution in [-0.4, -0.2) is 46.6 Å². The van der Waals surface area contributed by atoms with E-state index in [0.29, 0.717) is 4.90 Å². The van der Waals surface area contributed by atoms with Gasteiger partial charge in [0.05, 0.1) is 0 Å². The minimum Gasteiger partial charge on any atom is -0.477 e. The van der Waals surface area contributed by atoms with Crippen molar-refractivity contribution in [3.05, 3.63) is 29.6 Å². The Kier molecular flexibility index (Phi) is 3.89. The summed E-state index contributed by atoms with van der Waals surface area (Å²) in [5.74, 6) is -2.35. The summed E-state index contributed by atoms with van der Waals surface area (Å²) < 4.78 is 36.2. The molecule has 1 aromatic rings. The second kappa shape index (κ2) is 5.03. The first-order valence-electron chi connectivity index (χ1n) is 4.73. The van der Waals surface area contributed by atoms with Crippen LogP contribution in [0.25, 0.3) is 0 Å². The van der Waals surface area contributed by atoms with Crippen LogP contribution in [0.3, 0.4) is 0 Å². The normalized spacial score (nSPS) is 11.1. The van der Waals surface area contributed by atoms with Gasteiger partial charge in [0.25, 0.3) is 5.91 Å². The summed E-state index contributed by atoms with van der Waals surface area (Å²) in [7, 11) is 0.963. The van der Waals surface area contributed by atoms with E-state index in [0.717, 1.165) is 19.2 Å². The van der Waals surface area contributed by atoms with Gasteiger partial charge in [-0.3, -0.25) is 4.79 Å². The summed E-state index contributed by atoms with van der Waals surface area (Å²) in [6.07, 6.45) is -4.52. The highest BCUT2D eigenvalue weighted by Crippen LogP contribution is 2.16. The van der Waals surface area contributed by atoms with Gasteiger partial charge in [0, 0.05) is 7.05 Å². The van der Waals surface area contributed by atoms with E-state index in [1.807, 2.05) is 0 Å². The molecule has 1 aromatic heterocycles. The zero-order valence-corrected chi connectivity index (χ0v) is 9.23. The number of carbonyl (C=O) groups excluding carboxylic acids is 1. The fourth-order valence-electron chi connectivity index (χ4n) is 1.21. The minimum atomic E-state index is -4.52. The quantitative estimate of drug-likeness (QED) is 0.894. The molecular formula is C10H9F3N2O3. The minimum absolute atomic E-state index is 0.346. The number of halogens is 3. The van der Waals surface area contributed by atoms with Crippen molar-refractivity contribution in [3.63, 3.8) is 0 Å². The summed E-state index contributed by atoms with van der Waals surface area (Å²) in [5, 5.41) is 8.65. The number of rotatable bonds is 3. The van der Waals surface area contributed by atoms with Crippen molar-refractivity contribution in [2.24, 2.45) is 0 Å². The zero-order chi connectivity index (χ0) is 13.9. The van der Waals surface area contributed by atoms with Crippen LogP contribution in [0.1, 0.15) is 21.0 Å². The summed E-state index contributed by atoms with van der Waals surface area (Å²) in [6.45, 7) is -1.43. The molecule has 1 rings (SSSR count). The number of hydrogen-bond acceptors (Lipinski definition) is 3. The third-order valence-electron chi connectivity index (χ3n) is 1.95. The number of carboxylic acid groups (broad SMARTS) is 1. The molecule has 0 aliphatic rings. The highest BCUT2D eigenvalue weighted by atomic mass is 19.4. The Bertz CT molecular complexity index is 474. The van der Waals surface area contributed by atoms with Crippen LogP contribution in [0.4, 0.5) is 13.2 Å². The molecule has 0 radical (unpaired) electrons. The molecule has 0 saturated heterocycles. The molecular weight excluding hydrogens is 253 g/mol. The molecule has 0 unspecified atom stereocenters. The van der Waals surface area contributed by atoms with Crippen LogP contribution in [-0.2, 0) is 0 Å². The Balaban J connectivity index is 2.90. The van der Waals surface area contributed by atoms with Crippen molar-refractivity contribution in [2.75, 3.05) is 13.6 Å². The van der Waals surface area contributed by atoms with Gasteiger partial charge >= 0.3 is 12.1 Å². The van der Waals surface area contributed by atoms with Crippen molar-refractivity contribution in [3.8, 4) is 0 Å². The molecule has 8 heteroatoms. The van der Waals surface area contributed by atoms with Gasteiger partial charge in [-0.1, -0.05) is 6.07 Å². The van der Waals surface area contributed by atoms with E-state index in [4.69, 9.17) is 5.11 Å². The van der Waals surface area contributed by atoms with Crippen molar-refractivity contribution >= 4 is 11.9 Å². The second-order valence-electron chi connectivity index (χ2n) is 3.49. The van der Waals surface area contributed by atoms with Gasteiger partial charge in [-0.2, -0.15) is 13.2 Å². The summed E-state index contributed by atoms with van der Waals surface area (Å²) in [6, 6.07) is 3.54. The number of alkyl halides is 3. The number of carboxylic acids is 1. The van der Waals surface area contributed by atoms with Crippen LogP contribution in [0.5, 0.6) is 0 Å². The first kappa shape index (κ1) is 13.9. The molecule has 0 atom stereocenters. The van der Waals surface area contributed by atoms with Gasteiger partial charge in [0.15, 0.2) is 0 Å². The number of nitrogens with zero attached hydrogens (tertiary/aromatic N) is 2. The number of carbonyl (C=O) groups is 2. The van der Waals surface area contributed by atoms with Gasteiger partial charge in [0.1, 0.15) is 17.9 Å². The standard InChI is InChI=1S/C10H9F3N2O3/c1-15(5-10(11,12)13)8(16)6-3-2-4-7(14-6)9(17)18/h2-4H,5H2,1H3,(H,17,18). The fourth-order valence-corrected chi connectivity index (χ4v) is 1.21. The summed E-state index contributed by atoms with van der Waals surface area (Å²) in [5.41, 5.74) is -0.747. The zero-order valence-electron chi connectivity index (χ0n) is 9.23. The van der Waals surface area contributed by atoms with Gasteiger partial charge in [-0.05, 0) is 12.1 Å². The lowest BCUT2D eigenvalue weighted by Gasteiger charge is -2.18. The van der Waals surface area contributed by atoms with Crippen LogP contribution in [0, 0.1) is 0 Å². The molecule has 18 heavy (non-hydrogen) atoms. The van der Waals surface area contributed by atoms with Crippen molar-refractivity contribution < 1.29 is 27.9 Å². The van der Waals surface area contributed by atoms with Crippen molar-refractivity contribution in [1.82, 2.24) is 9.88 Å². The SMILES string of the molecule is CN(CC(F)(F)F)C(=O)c1cccc(C(=O)O)n1. The third-order valence-corrected chi connectivity index (χ3v) is 1.95. The molecule has 1 amide bonds. The van der Waals surface area contributed by atoms with Crippen LogP contribution < -0.4 is 0 Å². The molecule has 0 aliphatic carbocycles. The van der Waals surface area contributed by atoms with Crippen LogP contribution in [0.15, 0.2) is 18.2 Å². The molecule has 1 N–H and O–H groups in total. The van der Waals surface area contributed by atoms with E-state index in [2.05, 4.69) is 4.98 Å². The number of hydrogen-bond donors (Lipinski definition) is 1. The molecule has 5 nitrogen and oxygen atoms in total. The molecule has 0 aliphatic heterocycles. The highest BCUT2D eigenvalue weighted by molar-refractivity contribution is 5.94. The Morgan fingerprint density at radius 1 is 1.33 bits per heavy atom. The Labute approximate surface area is 99.8 Å². The molecule has 98 valence electrons. The number of aromatic carboxylic acids is 1. The topological polar surface area (TPSA) is 70.5 Å². The highest BCUT2D eigenvalue weighted by Gasteiger charge is 2.31. The van der Waals surface area contributed by atoms with E-state index in [9.17, 15) is 22.8 Å².